The topological polar surface area (TPSA) is 47.1 Å². The lowest BCUT2D eigenvalue weighted by molar-refractivity contribution is -0.677. The van der Waals surface area contributed by atoms with Crippen LogP contribution < -0.4 is 33.9 Å². The predicted molar refractivity (Wildman–Crippen MR) is 64.6 cm³/mol. The normalized spacial score (nSPS) is 10.7. The number of nitrogens with zero attached hydrogens (tertiary/aromatic N) is 2. The molecule has 0 aliphatic rings. The second-order valence-corrected chi connectivity index (χ2v) is 5.08. The summed E-state index contributed by atoms with van der Waals surface area (Å²) in [6.07, 6.45) is 3.61. The lowest BCUT2D eigenvalue weighted by Gasteiger charge is -2.19. The van der Waals surface area contributed by atoms with E-state index in [1.807, 2.05) is 51.7 Å². The van der Waals surface area contributed by atoms with Gasteiger partial charge in [0.25, 0.3) is 5.82 Å². The number of carbonyl (C=O) groups is 1. The van der Waals surface area contributed by atoms with Gasteiger partial charge >= 0.3 is 6.09 Å². The highest BCUT2D eigenvalue weighted by molar-refractivity contribution is 5.67. The fourth-order valence-electron chi connectivity index (χ4n) is 1.43. The van der Waals surface area contributed by atoms with Crippen LogP contribution in [0.5, 0.6) is 0 Å². The number of halogens is 1. The molecule has 0 aliphatic carbocycles. The highest BCUT2D eigenvalue weighted by Gasteiger charge is 2.16. The van der Waals surface area contributed by atoms with E-state index in [1.165, 1.54) is 0 Å². The number of alkyl carbamates (subject to hydrolysis) is 1. The van der Waals surface area contributed by atoms with Crippen LogP contribution in [0, 0.1) is 6.92 Å². The third-order valence-electron chi connectivity index (χ3n) is 2.42. The zero-order chi connectivity index (χ0) is 13.1. The van der Waals surface area contributed by atoms with Crippen LogP contribution >= 0.6 is 0 Å². The maximum atomic E-state index is 11.4. The molecule has 1 rings (SSSR count). The first kappa shape index (κ1) is 17.2. The van der Waals surface area contributed by atoms with E-state index in [9.17, 15) is 4.79 Å². The number of amides is 1. The molecule has 0 atom stereocenters. The summed E-state index contributed by atoms with van der Waals surface area (Å²) in [5.41, 5.74) is -0.445. The Kier molecular flexibility index (Phi) is 6.66. The van der Waals surface area contributed by atoms with Crippen LogP contribution in [0.4, 0.5) is 4.79 Å². The van der Waals surface area contributed by atoms with Crippen molar-refractivity contribution in [2.24, 2.45) is 7.05 Å². The van der Waals surface area contributed by atoms with Crippen LogP contribution in [0.15, 0.2) is 12.4 Å². The number of carbonyl (C=O) groups excluding carboxylic acids is 1. The largest absolute Gasteiger partial charge is 1.00 e. The predicted octanol–water partition coefficient (Wildman–Crippen LogP) is -1.85. The molecule has 1 N–H and O–H groups in total. The first-order chi connectivity index (χ1) is 7.79. The van der Waals surface area contributed by atoms with Gasteiger partial charge in [-0.1, -0.05) is 0 Å². The average molecular weight is 367 g/mol. The smallest absolute Gasteiger partial charge is 0.407 e. The van der Waals surface area contributed by atoms with E-state index < -0.39 is 5.60 Å². The molecule has 1 heterocycles. The maximum absolute atomic E-state index is 11.4. The van der Waals surface area contributed by atoms with E-state index in [4.69, 9.17) is 4.74 Å². The number of aromatic nitrogens is 2. The van der Waals surface area contributed by atoms with E-state index in [0.29, 0.717) is 6.54 Å². The maximum Gasteiger partial charge on any atom is 0.407 e. The highest BCUT2D eigenvalue weighted by atomic mass is 127. The van der Waals surface area contributed by atoms with E-state index >= 15 is 0 Å². The summed E-state index contributed by atoms with van der Waals surface area (Å²) in [6, 6.07) is 0. The minimum absolute atomic E-state index is 0. The van der Waals surface area contributed by atoms with Crippen molar-refractivity contribution in [3.8, 4) is 0 Å². The first-order valence-electron chi connectivity index (χ1n) is 5.78. The van der Waals surface area contributed by atoms with E-state index in [1.54, 1.807) is 0 Å². The van der Waals surface area contributed by atoms with Crippen LogP contribution in [0.2, 0.25) is 0 Å². The molecule has 0 unspecified atom stereocenters. The zero-order valence-electron chi connectivity index (χ0n) is 11.7. The van der Waals surface area contributed by atoms with Crippen molar-refractivity contribution in [3.05, 3.63) is 18.2 Å². The lowest BCUT2D eigenvalue weighted by Crippen LogP contribution is -3.00. The number of aryl methyl sites for hydroxylation is 1. The van der Waals surface area contributed by atoms with Crippen molar-refractivity contribution in [1.82, 2.24) is 9.88 Å². The van der Waals surface area contributed by atoms with Gasteiger partial charge in [-0.05, 0) is 20.8 Å². The van der Waals surface area contributed by atoms with Gasteiger partial charge in [-0.15, -0.1) is 0 Å². The summed E-state index contributed by atoms with van der Waals surface area (Å²) in [7, 11) is 1.99. The summed E-state index contributed by atoms with van der Waals surface area (Å²) in [5.74, 6) is 1.15. The molecule has 0 fully saturated rings. The quantitative estimate of drug-likeness (QED) is 0.504. The standard InChI is InChI=1S/C12H21N3O2.HI/c1-10-14(5)8-9-15(10)7-6-13-11(16)17-12(2,3)4;/h8-9H,6-7H2,1-5H3;1H. The van der Waals surface area contributed by atoms with Gasteiger partial charge in [0.05, 0.1) is 13.6 Å². The molecule has 0 aliphatic heterocycles. The van der Waals surface area contributed by atoms with Crippen LogP contribution in [-0.4, -0.2) is 22.8 Å². The van der Waals surface area contributed by atoms with Crippen LogP contribution in [-0.2, 0) is 18.3 Å². The number of imidazole rings is 1. The lowest BCUT2D eigenvalue weighted by atomic mass is 10.2. The summed E-state index contributed by atoms with van der Waals surface area (Å²) in [5, 5.41) is 2.73. The molecule has 0 saturated carbocycles. The van der Waals surface area contributed by atoms with Crippen LogP contribution in [0.1, 0.15) is 26.6 Å². The number of nitrogens with one attached hydrogen (secondary N) is 1. The molecular formula is C12H22IN3O2. The van der Waals surface area contributed by atoms with Gasteiger partial charge in [0.2, 0.25) is 0 Å². The Labute approximate surface area is 126 Å². The van der Waals surface area contributed by atoms with Gasteiger partial charge < -0.3 is 34.0 Å². The van der Waals surface area contributed by atoms with Gasteiger partial charge in [-0.2, -0.15) is 0 Å². The highest BCUT2D eigenvalue weighted by Crippen LogP contribution is 2.06. The monoisotopic (exact) mass is 367 g/mol. The molecule has 104 valence electrons. The Morgan fingerprint density at radius 2 is 2.11 bits per heavy atom. The number of ether oxygens (including phenoxy) is 1. The molecule has 1 aromatic heterocycles. The molecule has 1 amide bonds. The van der Waals surface area contributed by atoms with Gasteiger partial charge in [0.1, 0.15) is 24.5 Å². The minimum atomic E-state index is -0.445. The van der Waals surface area contributed by atoms with Crippen molar-refractivity contribution in [3.63, 3.8) is 0 Å². The van der Waals surface area contributed by atoms with Gasteiger partial charge in [0, 0.05) is 6.92 Å². The number of hydrogen-bond acceptors (Lipinski definition) is 2. The summed E-state index contributed by atoms with van der Waals surface area (Å²) < 4.78 is 9.26. The third kappa shape index (κ3) is 5.70. The first-order valence-corrected chi connectivity index (χ1v) is 5.78. The third-order valence-corrected chi connectivity index (χ3v) is 2.42. The summed E-state index contributed by atoms with van der Waals surface area (Å²) in [6.45, 7) is 8.89. The molecule has 18 heavy (non-hydrogen) atoms. The molecule has 0 radical (unpaired) electrons. The van der Waals surface area contributed by atoms with Crippen molar-refractivity contribution < 1.29 is 38.1 Å². The van der Waals surface area contributed by atoms with Gasteiger partial charge in [0.15, 0.2) is 0 Å². The second-order valence-electron chi connectivity index (χ2n) is 5.08. The zero-order valence-corrected chi connectivity index (χ0v) is 13.8. The van der Waals surface area contributed by atoms with E-state index in [0.717, 1.165) is 12.4 Å². The van der Waals surface area contributed by atoms with Crippen molar-refractivity contribution in [1.29, 1.82) is 0 Å². The van der Waals surface area contributed by atoms with Crippen LogP contribution in [0.25, 0.3) is 0 Å². The number of hydrogen-bond donors (Lipinski definition) is 1. The van der Waals surface area contributed by atoms with E-state index in [2.05, 4.69) is 9.88 Å². The molecular weight excluding hydrogens is 345 g/mol. The van der Waals surface area contributed by atoms with Gasteiger partial charge in [-0.25, -0.2) is 13.9 Å². The summed E-state index contributed by atoms with van der Waals surface area (Å²) >= 11 is 0. The molecule has 0 spiro atoms. The Hall–Kier alpha value is -0.790. The van der Waals surface area contributed by atoms with Crippen molar-refractivity contribution in [2.45, 2.75) is 39.8 Å². The number of rotatable bonds is 3. The van der Waals surface area contributed by atoms with Crippen molar-refractivity contribution >= 4 is 6.09 Å². The molecule has 0 saturated heterocycles. The molecule has 0 aromatic carbocycles. The summed E-state index contributed by atoms with van der Waals surface area (Å²) in [4.78, 5) is 11.4. The SMILES string of the molecule is Cc1n(CCNC(=O)OC(C)(C)C)cc[n+]1C.[I-]. The van der Waals surface area contributed by atoms with E-state index in [-0.39, 0.29) is 30.1 Å². The van der Waals surface area contributed by atoms with Crippen molar-refractivity contribution in [2.75, 3.05) is 6.54 Å². The Morgan fingerprint density at radius 1 is 1.50 bits per heavy atom. The minimum Gasteiger partial charge on any atom is -1.00 e. The molecule has 1 aromatic rings. The molecule has 6 heteroatoms. The fourth-order valence-corrected chi connectivity index (χ4v) is 1.43. The Morgan fingerprint density at radius 3 is 2.56 bits per heavy atom. The molecule has 0 bridgehead atoms. The Bertz CT molecular complexity index is 397. The Balaban J connectivity index is 0.00000289. The average Bonchev–Trinajstić information content (AvgIpc) is 2.46. The van der Waals surface area contributed by atoms with Crippen LogP contribution in [0.3, 0.4) is 0 Å². The van der Waals surface area contributed by atoms with Gasteiger partial charge in [-0.3, -0.25) is 0 Å². The molecule has 5 nitrogen and oxygen atoms in total. The fraction of sp³-hybridized carbons (Fsp3) is 0.667. The second kappa shape index (κ2) is 6.96.